The van der Waals surface area contributed by atoms with Crippen molar-refractivity contribution in [2.24, 2.45) is 0 Å². The van der Waals surface area contributed by atoms with E-state index < -0.39 is 5.97 Å². The van der Waals surface area contributed by atoms with Crippen molar-refractivity contribution in [3.63, 3.8) is 0 Å². The van der Waals surface area contributed by atoms with Crippen LogP contribution in [0.2, 0.25) is 5.02 Å². The molecule has 0 saturated carbocycles. The monoisotopic (exact) mass is 269 g/mol. The summed E-state index contributed by atoms with van der Waals surface area (Å²) in [7, 11) is 0. The first-order valence-corrected chi connectivity index (χ1v) is 6.35. The van der Waals surface area contributed by atoms with Crippen LogP contribution in [-0.2, 0) is 4.74 Å². The van der Waals surface area contributed by atoms with E-state index in [0.29, 0.717) is 23.9 Å². The zero-order chi connectivity index (χ0) is 13.1. The Hall–Kier alpha value is -1.26. The summed E-state index contributed by atoms with van der Waals surface area (Å²) >= 11 is 5.85. The maximum atomic E-state index is 11.3. The predicted octanol–water partition coefficient (Wildman–Crippen LogP) is 2.65. The van der Waals surface area contributed by atoms with Gasteiger partial charge < -0.3 is 14.7 Å². The highest BCUT2D eigenvalue weighted by Crippen LogP contribution is 2.26. The third kappa shape index (κ3) is 2.94. The maximum absolute atomic E-state index is 11.3. The van der Waals surface area contributed by atoms with Gasteiger partial charge in [0.25, 0.3) is 0 Å². The summed E-state index contributed by atoms with van der Waals surface area (Å²) in [6.07, 6.45) is 0.997. The second-order valence-corrected chi connectivity index (χ2v) is 4.88. The third-order valence-electron chi connectivity index (χ3n) is 2.98. The molecular formula is C13H16ClNO3. The van der Waals surface area contributed by atoms with E-state index >= 15 is 0 Å². The highest BCUT2D eigenvalue weighted by atomic mass is 35.5. The van der Waals surface area contributed by atoms with Crippen LogP contribution in [-0.4, -0.2) is 36.9 Å². The average Bonchev–Trinajstić information content (AvgIpc) is 2.53. The first kappa shape index (κ1) is 13.2. The van der Waals surface area contributed by atoms with Crippen LogP contribution in [0.25, 0.3) is 0 Å². The Labute approximate surface area is 111 Å². The van der Waals surface area contributed by atoms with Crippen molar-refractivity contribution >= 4 is 23.3 Å². The van der Waals surface area contributed by atoms with E-state index in [1.54, 1.807) is 12.1 Å². The highest BCUT2D eigenvalue weighted by molar-refractivity contribution is 6.31. The maximum Gasteiger partial charge on any atom is 0.337 e. The summed E-state index contributed by atoms with van der Waals surface area (Å²) in [5, 5.41) is 9.68. The molecule has 0 aliphatic carbocycles. The first-order chi connectivity index (χ1) is 8.58. The van der Waals surface area contributed by atoms with E-state index in [0.717, 1.165) is 13.0 Å². The second-order valence-electron chi connectivity index (χ2n) is 4.45. The Morgan fingerprint density at radius 1 is 1.56 bits per heavy atom. The van der Waals surface area contributed by atoms with Crippen molar-refractivity contribution in [2.75, 3.05) is 24.6 Å². The van der Waals surface area contributed by atoms with Gasteiger partial charge in [0, 0.05) is 24.7 Å². The minimum Gasteiger partial charge on any atom is -0.478 e. The van der Waals surface area contributed by atoms with Gasteiger partial charge >= 0.3 is 5.97 Å². The van der Waals surface area contributed by atoms with Crippen LogP contribution in [0.4, 0.5) is 5.69 Å². The summed E-state index contributed by atoms with van der Waals surface area (Å²) < 4.78 is 5.56. The number of anilines is 1. The molecule has 0 amide bonds. The molecular weight excluding hydrogens is 254 g/mol. The number of rotatable bonds is 2. The van der Waals surface area contributed by atoms with Gasteiger partial charge in [0.05, 0.1) is 17.4 Å². The number of nitrogens with zero attached hydrogens (tertiary/aromatic N) is 1. The lowest BCUT2D eigenvalue weighted by Crippen LogP contribution is -2.31. The number of carboxylic acids is 1. The largest absolute Gasteiger partial charge is 0.478 e. The molecule has 1 heterocycles. The number of carboxylic acid groups (broad SMARTS) is 1. The molecule has 1 atom stereocenters. The Morgan fingerprint density at radius 3 is 3.06 bits per heavy atom. The zero-order valence-electron chi connectivity index (χ0n) is 10.2. The molecule has 5 heteroatoms. The van der Waals surface area contributed by atoms with Gasteiger partial charge in [0.2, 0.25) is 0 Å². The SMILES string of the molecule is CC1CN(c2ccc(Cl)cc2C(=O)O)CCCO1. The Kier molecular flexibility index (Phi) is 4.09. The fourth-order valence-corrected chi connectivity index (χ4v) is 2.34. The molecule has 0 radical (unpaired) electrons. The lowest BCUT2D eigenvalue weighted by atomic mass is 10.1. The molecule has 98 valence electrons. The van der Waals surface area contributed by atoms with Crippen LogP contribution >= 0.6 is 11.6 Å². The minimum atomic E-state index is -0.953. The van der Waals surface area contributed by atoms with E-state index in [4.69, 9.17) is 16.3 Å². The molecule has 1 aliphatic rings. The van der Waals surface area contributed by atoms with Gasteiger partial charge in [-0.2, -0.15) is 0 Å². The van der Waals surface area contributed by atoms with Crippen molar-refractivity contribution in [3.8, 4) is 0 Å². The van der Waals surface area contributed by atoms with Gasteiger partial charge in [0.1, 0.15) is 0 Å². The smallest absolute Gasteiger partial charge is 0.337 e. The zero-order valence-corrected chi connectivity index (χ0v) is 11.0. The molecule has 18 heavy (non-hydrogen) atoms. The summed E-state index contributed by atoms with van der Waals surface area (Å²) in [5.41, 5.74) is 0.959. The van der Waals surface area contributed by atoms with Crippen molar-refractivity contribution in [1.29, 1.82) is 0 Å². The fourth-order valence-electron chi connectivity index (χ4n) is 2.17. The number of benzene rings is 1. The molecule has 2 rings (SSSR count). The lowest BCUT2D eigenvalue weighted by Gasteiger charge is -2.25. The predicted molar refractivity (Wildman–Crippen MR) is 70.7 cm³/mol. The summed E-state index contributed by atoms with van der Waals surface area (Å²) in [6.45, 7) is 4.20. The van der Waals surface area contributed by atoms with Gasteiger partial charge in [-0.05, 0) is 31.5 Å². The number of hydrogen-bond donors (Lipinski definition) is 1. The van der Waals surface area contributed by atoms with Crippen LogP contribution in [0, 0.1) is 0 Å². The lowest BCUT2D eigenvalue weighted by molar-refractivity contribution is 0.0696. The molecule has 1 N–H and O–H groups in total. The van der Waals surface area contributed by atoms with Gasteiger partial charge in [-0.25, -0.2) is 4.79 Å². The molecule has 1 aliphatic heterocycles. The molecule has 1 aromatic carbocycles. The quantitative estimate of drug-likeness (QED) is 0.897. The molecule has 4 nitrogen and oxygen atoms in total. The first-order valence-electron chi connectivity index (χ1n) is 5.97. The molecule has 0 aromatic heterocycles. The van der Waals surface area contributed by atoms with Crippen molar-refractivity contribution in [3.05, 3.63) is 28.8 Å². The van der Waals surface area contributed by atoms with Gasteiger partial charge in [-0.15, -0.1) is 0 Å². The van der Waals surface area contributed by atoms with E-state index in [9.17, 15) is 9.90 Å². The fraction of sp³-hybridized carbons (Fsp3) is 0.462. The number of ether oxygens (including phenoxy) is 1. The third-order valence-corrected chi connectivity index (χ3v) is 3.22. The van der Waals surface area contributed by atoms with Crippen molar-refractivity contribution in [1.82, 2.24) is 0 Å². The van der Waals surface area contributed by atoms with Crippen LogP contribution in [0.1, 0.15) is 23.7 Å². The van der Waals surface area contributed by atoms with Crippen LogP contribution in [0.15, 0.2) is 18.2 Å². The number of halogens is 1. The van der Waals surface area contributed by atoms with Gasteiger partial charge in [-0.1, -0.05) is 11.6 Å². The molecule has 1 unspecified atom stereocenters. The summed E-state index contributed by atoms with van der Waals surface area (Å²) in [4.78, 5) is 13.3. The number of aromatic carboxylic acids is 1. The van der Waals surface area contributed by atoms with Crippen molar-refractivity contribution in [2.45, 2.75) is 19.4 Å². The average molecular weight is 270 g/mol. The highest BCUT2D eigenvalue weighted by Gasteiger charge is 2.20. The Balaban J connectivity index is 2.33. The van der Waals surface area contributed by atoms with Crippen LogP contribution in [0.5, 0.6) is 0 Å². The van der Waals surface area contributed by atoms with E-state index in [2.05, 4.69) is 4.90 Å². The molecule has 1 fully saturated rings. The van der Waals surface area contributed by atoms with Crippen LogP contribution in [0.3, 0.4) is 0 Å². The minimum absolute atomic E-state index is 0.102. The summed E-state index contributed by atoms with van der Waals surface area (Å²) in [6, 6.07) is 4.99. The Bertz CT molecular complexity index is 450. The summed E-state index contributed by atoms with van der Waals surface area (Å²) in [5.74, 6) is -0.953. The number of carbonyl (C=O) groups is 1. The number of hydrogen-bond acceptors (Lipinski definition) is 3. The molecule has 0 spiro atoms. The second kappa shape index (κ2) is 5.59. The Morgan fingerprint density at radius 2 is 2.33 bits per heavy atom. The normalized spacial score (nSPS) is 20.6. The van der Waals surface area contributed by atoms with E-state index in [1.807, 2.05) is 6.92 Å². The van der Waals surface area contributed by atoms with Crippen molar-refractivity contribution < 1.29 is 14.6 Å². The topological polar surface area (TPSA) is 49.8 Å². The van der Waals surface area contributed by atoms with Crippen LogP contribution < -0.4 is 4.90 Å². The molecule has 1 aromatic rings. The van der Waals surface area contributed by atoms with E-state index in [-0.39, 0.29) is 11.7 Å². The molecule has 1 saturated heterocycles. The van der Waals surface area contributed by atoms with E-state index in [1.165, 1.54) is 6.07 Å². The molecule has 0 bridgehead atoms. The van der Waals surface area contributed by atoms with Gasteiger partial charge in [0.15, 0.2) is 0 Å². The standard InChI is InChI=1S/C13H16ClNO3/c1-9-8-15(5-2-6-18-9)12-4-3-10(14)7-11(12)13(16)17/h3-4,7,9H,2,5-6,8H2,1H3,(H,16,17). The van der Waals surface area contributed by atoms with Gasteiger partial charge in [-0.3, -0.25) is 0 Å².